The number of aromatic nitrogens is 2. The van der Waals surface area contributed by atoms with E-state index >= 15 is 0 Å². The molecule has 12 rings (SSSR count). The fraction of sp³-hybridized carbons (Fsp3) is 0.0189. The molecule has 10 aromatic rings. The van der Waals surface area contributed by atoms with Crippen LogP contribution in [0, 0.1) is 0 Å². The van der Waals surface area contributed by atoms with E-state index in [4.69, 9.17) is 9.97 Å². The minimum absolute atomic E-state index is 0.414. The monoisotopic (exact) mass is 696 g/mol. The zero-order valence-electron chi connectivity index (χ0n) is 29.9. The van der Waals surface area contributed by atoms with Gasteiger partial charge in [0.25, 0.3) is 0 Å². The SMILES string of the molecule is c1ccc(-c2nc(-c3ccc(-c4ccc5c6c(ccc5c4)-c4c(ccc5ccccc45)C64c5ccccc5-c5ccccc54)cc3)nc3ccccc23)cc1. The van der Waals surface area contributed by atoms with Crippen LogP contribution in [0.4, 0.5) is 0 Å². The Hall–Kier alpha value is -7.16. The van der Waals surface area contributed by atoms with Gasteiger partial charge in [-0.1, -0.05) is 182 Å². The second kappa shape index (κ2) is 11.4. The smallest absolute Gasteiger partial charge is 0.160 e. The molecule has 0 amide bonds. The zero-order chi connectivity index (χ0) is 36.1. The van der Waals surface area contributed by atoms with Gasteiger partial charge >= 0.3 is 0 Å². The Bertz CT molecular complexity index is 3150. The Kier molecular flexibility index (Phi) is 6.29. The van der Waals surface area contributed by atoms with Gasteiger partial charge in [0, 0.05) is 16.5 Å². The van der Waals surface area contributed by atoms with Gasteiger partial charge in [-0.2, -0.15) is 0 Å². The largest absolute Gasteiger partial charge is 0.228 e. The molecule has 0 unspecified atom stereocenters. The first kappa shape index (κ1) is 30.3. The Balaban J connectivity index is 1.03. The normalized spacial score (nSPS) is 13.2. The molecule has 0 saturated carbocycles. The lowest BCUT2D eigenvalue weighted by molar-refractivity contribution is 0.802. The van der Waals surface area contributed by atoms with Crippen LogP contribution < -0.4 is 0 Å². The van der Waals surface area contributed by atoms with E-state index in [0.717, 1.165) is 39.1 Å². The number of hydrogen-bond acceptors (Lipinski definition) is 2. The summed E-state index contributed by atoms with van der Waals surface area (Å²) in [6, 6.07) is 70.8. The summed E-state index contributed by atoms with van der Waals surface area (Å²) in [6.45, 7) is 0. The molecule has 2 nitrogen and oxygen atoms in total. The number of hydrogen-bond donors (Lipinski definition) is 0. The Labute approximate surface area is 319 Å². The third-order valence-electron chi connectivity index (χ3n) is 12.1. The fourth-order valence-electron chi connectivity index (χ4n) is 9.76. The molecule has 254 valence electrons. The highest BCUT2D eigenvalue weighted by atomic mass is 14.9. The molecule has 55 heavy (non-hydrogen) atoms. The van der Waals surface area contributed by atoms with Crippen molar-refractivity contribution in [2.45, 2.75) is 5.41 Å². The molecule has 0 saturated heterocycles. The summed E-state index contributed by atoms with van der Waals surface area (Å²) in [5.41, 5.74) is 16.7. The second-order valence-electron chi connectivity index (χ2n) is 14.8. The first-order valence-electron chi connectivity index (χ1n) is 19.0. The lowest BCUT2D eigenvalue weighted by Gasteiger charge is -2.31. The molecule has 2 heteroatoms. The van der Waals surface area contributed by atoms with E-state index < -0.39 is 5.41 Å². The predicted molar refractivity (Wildman–Crippen MR) is 227 cm³/mol. The third-order valence-corrected chi connectivity index (χ3v) is 12.1. The van der Waals surface area contributed by atoms with Crippen LogP contribution in [-0.4, -0.2) is 9.97 Å². The second-order valence-corrected chi connectivity index (χ2v) is 14.8. The van der Waals surface area contributed by atoms with E-state index in [1.807, 2.05) is 12.1 Å². The molecule has 0 radical (unpaired) electrons. The maximum absolute atomic E-state index is 5.11. The van der Waals surface area contributed by atoms with E-state index in [9.17, 15) is 0 Å². The molecule has 0 atom stereocenters. The van der Waals surface area contributed by atoms with Crippen molar-refractivity contribution in [1.29, 1.82) is 0 Å². The summed E-state index contributed by atoms with van der Waals surface area (Å²) in [6.07, 6.45) is 0. The number of benzene rings is 9. The molecule has 9 aromatic carbocycles. The number of rotatable bonds is 3. The van der Waals surface area contributed by atoms with Crippen molar-refractivity contribution in [2.24, 2.45) is 0 Å². The summed E-state index contributed by atoms with van der Waals surface area (Å²) in [5.74, 6) is 0.729. The van der Waals surface area contributed by atoms with E-state index in [-0.39, 0.29) is 0 Å². The van der Waals surface area contributed by atoms with Gasteiger partial charge in [0.2, 0.25) is 0 Å². The summed E-state index contributed by atoms with van der Waals surface area (Å²) in [7, 11) is 0. The maximum atomic E-state index is 5.11. The van der Waals surface area contributed by atoms with Gasteiger partial charge in [-0.05, 0) is 89.3 Å². The van der Waals surface area contributed by atoms with Crippen molar-refractivity contribution in [2.75, 3.05) is 0 Å². The van der Waals surface area contributed by atoms with Gasteiger partial charge in [0.15, 0.2) is 5.82 Å². The van der Waals surface area contributed by atoms with Crippen LogP contribution in [0.3, 0.4) is 0 Å². The lowest BCUT2D eigenvalue weighted by Crippen LogP contribution is -2.26. The number of fused-ring (bicyclic) bond motifs is 15. The average molecular weight is 697 g/mol. The summed E-state index contributed by atoms with van der Waals surface area (Å²) < 4.78 is 0. The zero-order valence-corrected chi connectivity index (χ0v) is 29.9. The van der Waals surface area contributed by atoms with E-state index in [1.165, 1.54) is 71.6 Å². The maximum Gasteiger partial charge on any atom is 0.160 e. The Morgan fingerprint density at radius 3 is 1.78 bits per heavy atom. The highest BCUT2D eigenvalue weighted by Gasteiger charge is 2.52. The molecule has 2 aliphatic carbocycles. The highest BCUT2D eigenvalue weighted by Crippen LogP contribution is 2.65. The van der Waals surface area contributed by atoms with Crippen molar-refractivity contribution in [3.63, 3.8) is 0 Å². The Morgan fingerprint density at radius 2 is 0.982 bits per heavy atom. The highest BCUT2D eigenvalue weighted by molar-refractivity contribution is 6.11. The van der Waals surface area contributed by atoms with Crippen molar-refractivity contribution in [3.05, 3.63) is 216 Å². The van der Waals surface area contributed by atoms with E-state index in [1.54, 1.807) is 0 Å². The van der Waals surface area contributed by atoms with Gasteiger partial charge < -0.3 is 0 Å². The van der Waals surface area contributed by atoms with Crippen molar-refractivity contribution in [3.8, 4) is 56.0 Å². The van der Waals surface area contributed by atoms with Crippen LogP contribution in [0.2, 0.25) is 0 Å². The molecular weight excluding hydrogens is 665 g/mol. The van der Waals surface area contributed by atoms with Gasteiger partial charge in [-0.3, -0.25) is 0 Å². The molecule has 0 bridgehead atoms. The van der Waals surface area contributed by atoms with E-state index in [2.05, 4.69) is 182 Å². The molecule has 1 heterocycles. The van der Waals surface area contributed by atoms with Crippen LogP contribution in [0.25, 0.3) is 88.5 Å². The standard InChI is InChI=1S/C53H32N2/c1-2-13-35(14-3-1)51-43-18-8-11-21-48(43)54-52(55-51)36-24-22-33(23-25-36)37-26-29-40-38(32-37)27-30-44-49-39-15-5-4-12-34(39)28-31-47(49)53(50(40)44)45-19-9-6-16-41(45)42-17-7-10-20-46(42)53/h1-32H. The van der Waals surface area contributed by atoms with Crippen molar-refractivity contribution < 1.29 is 0 Å². The van der Waals surface area contributed by atoms with Gasteiger partial charge in [0.1, 0.15) is 0 Å². The lowest BCUT2D eigenvalue weighted by atomic mass is 9.69. The molecule has 0 N–H and O–H groups in total. The quantitative estimate of drug-likeness (QED) is 0.184. The van der Waals surface area contributed by atoms with Crippen LogP contribution in [0.5, 0.6) is 0 Å². The number of nitrogens with zero attached hydrogens (tertiary/aromatic N) is 2. The Morgan fingerprint density at radius 1 is 0.345 bits per heavy atom. The third kappa shape index (κ3) is 4.19. The van der Waals surface area contributed by atoms with Crippen molar-refractivity contribution >= 4 is 32.4 Å². The van der Waals surface area contributed by atoms with Crippen LogP contribution >= 0.6 is 0 Å². The first-order chi connectivity index (χ1) is 27.3. The summed E-state index contributed by atoms with van der Waals surface area (Å²) in [5, 5.41) is 6.17. The minimum atomic E-state index is -0.414. The molecule has 1 aromatic heterocycles. The first-order valence-corrected chi connectivity index (χ1v) is 19.0. The minimum Gasteiger partial charge on any atom is -0.228 e. The fourth-order valence-corrected chi connectivity index (χ4v) is 9.76. The molecule has 1 spiro atoms. The number of para-hydroxylation sites is 1. The molecule has 2 aliphatic rings. The van der Waals surface area contributed by atoms with Gasteiger partial charge in [-0.15, -0.1) is 0 Å². The average Bonchev–Trinajstić information content (AvgIpc) is 3.74. The van der Waals surface area contributed by atoms with Crippen LogP contribution in [-0.2, 0) is 5.41 Å². The topological polar surface area (TPSA) is 25.8 Å². The summed E-state index contributed by atoms with van der Waals surface area (Å²) in [4.78, 5) is 10.1. The summed E-state index contributed by atoms with van der Waals surface area (Å²) >= 11 is 0. The molecule has 0 fully saturated rings. The van der Waals surface area contributed by atoms with Gasteiger partial charge in [-0.25, -0.2) is 9.97 Å². The molecular formula is C53H32N2. The van der Waals surface area contributed by atoms with Gasteiger partial charge in [0.05, 0.1) is 16.6 Å². The predicted octanol–water partition coefficient (Wildman–Crippen LogP) is 13.3. The van der Waals surface area contributed by atoms with Crippen LogP contribution in [0.1, 0.15) is 22.3 Å². The van der Waals surface area contributed by atoms with Crippen molar-refractivity contribution in [1.82, 2.24) is 9.97 Å². The van der Waals surface area contributed by atoms with E-state index in [0.29, 0.717) is 0 Å². The molecule has 0 aliphatic heterocycles. The van der Waals surface area contributed by atoms with Crippen LogP contribution in [0.15, 0.2) is 194 Å².